The summed E-state index contributed by atoms with van der Waals surface area (Å²) in [7, 11) is 0. The van der Waals surface area contributed by atoms with Crippen LogP contribution in [-0.4, -0.2) is 36.5 Å². The maximum Gasteiger partial charge on any atom is 0.274 e. The van der Waals surface area contributed by atoms with Gasteiger partial charge in [-0.05, 0) is 25.1 Å². The number of benzene rings is 1. The van der Waals surface area contributed by atoms with Crippen LogP contribution in [0.15, 0.2) is 28.7 Å². The van der Waals surface area contributed by atoms with Crippen molar-refractivity contribution in [2.75, 3.05) is 26.3 Å². The highest BCUT2D eigenvalue weighted by atomic mass is 35.5. The molecule has 20 heavy (non-hydrogen) atoms. The smallest absolute Gasteiger partial charge is 0.274 e. The van der Waals surface area contributed by atoms with E-state index in [9.17, 15) is 0 Å². The van der Waals surface area contributed by atoms with Gasteiger partial charge >= 0.3 is 0 Å². The zero-order chi connectivity index (χ0) is 13.9. The van der Waals surface area contributed by atoms with Crippen LogP contribution in [0.5, 0.6) is 0 Å². The lowest BCUT2D eigenvalue weighted by atomic mass is 10.2. The molecule has 1 fully saturated rings. The van der Waals surface area contributed by atoms with Crippen LogP contribution in [0.2, 0.25) is 5.02 Å². The van der Waals surface area contributed by atoms with Gasteiger partial charge < -0.3 is 14.1 Å². The second kappa shape index (κ2) is 5.91. The molecule has 1 atom stereocenters. The van der Waals surface area contributed by atoms with Crippen molar-refractivity contribution in [1.29, 1.82) is 0 Å². The van der Waals surface area contributed by atoms with Gasteiger partial charge in [0.05, 0.1) is 13.2 Å². The predicted octanol–water partition coefficient (Wildman–Crippen LogP) is 1.37. The van der Waals surface area contributed by atoms with E-state index in [4.69, 9.17) is 20.8 Å². The fourth-order valence-electron chi connectivity index (χ4n) is 2.39. The van der Waals surface area contributed by atoms with Crippen LogP contribution >= 0.6 is 11.6 Å². The van der Waals surface area contributed by atoms with Gasteiger partial charge in [0.2, 0.25) is 5.89 Å². The topological polar surface area (TPSA) is 52.6 Å². The van der Waals surface area contributed by atoms with Crippen LogP contribution in [0.3, 0.4) is 0 Å². The second-order valence-corrected chi connectivity index (χ2v) is 5.38. The Hall–Kier alpha value is -1.43. The van der Waals surface area contributed by atoms with Crippen molar-refractivity contribution in [2.45, 2.75) is 13.0 Å². The van der Waals surface area contributed by atoms with Crippen LogP contribution in [0.4, 0.5) is 0 Å². The summed E-state index contributed by atoms with van der Waals surface area (Å²) in [6.45, 7) is 5.62. The molecule has 1 N–H and O–H groups in total. The van der Waals surface area contributed by atoms with Crippen molar-refractivity contribution in [3.63, 3.8) is 0 Å². The van der Waals surface area contributed by atoms with Gasteiger partial charge in [-0.1, -0.05) is 17.7 Å². The molecule has 5 nitrogen and oxygen atoms in total. The van der Waals surface area contributed by atoms with Crippen LogP contribution in [-0.2, 0) is 4.74 Å². The van der Waals surface area contributed by atoms with Crippen molar-refractivity contribution in [3.05, 3.63) is 35.2 Å². The summed E-state index contributed by atoms with van der Waals surface area (Å²) >= 11 is 5.98. The van der Waals surface area contributed by atoms with E-state index in [1.54, 1.807) is 0 Å². The third-order valence-corrected chi connectivity index (χ3v) is 3.87. The summed E-state index contributed by atoms with van der Waals surface area (Å²) in [4.78, 5) is 1.41. The Labute approximate surface area is 122 Å². The van der Waals surface area contributed by atoms with Crippen molar-refractivity contribution < 1.29 is 14.1 Å². The number of ether oxygens (including phenoxy) is 1. The molecule has 0 aliphatic carbocycles. The minimum Gasteiger partial charge on any atom is -0.415 e. The third kappa shape index (κ3) is 2.85. The molecule has 0 bridgehead atoms. The summed E-state index contributed by atoms with van der Waals surface area (Å²) in [5.74, 6) is 1.18. The van der Waals surface area contributed by atoms with Gasteiger partial charge in [0, 0.05) is 10.6 Å². The summed E-state index contributed by atoms with van der Waals surface area (Å²) in [6.07, 6.45) is 0. The van der Waals surface area contributed by atoms with Crippen molar-refractivity contribution >= 4 is 11.6 Å². The highest BCUT2D eigenvalue weighted by Gasteiger charge is 2.27. The molecule has 0 amide bonds. The first kappa shape index (κ1) is 13.5. The minimum absolute atomic E-state index is 0.180. The molecule has 6 heteroatoms. The molecule has 1 aliphatic heterocycles. The van der Waals surface area contributed by atoms with E-state index in [1.807, 2.05) is 24.3 Å². The first-order chi connectivity index (χ1) is 9.74. The van der Waals surface area contributed by atoms with Crippen molar-refractivity contribution in [2.24, 2.45) is 0 Å². The molecule has 1 aliphatic rings. The zero-order valence-corrected chi connectivity index (χ0v) is 12.1. The summed E-state index contributed by atoms with van der Waals surface area (Å²) in [6, 6.07) is 7.61. The quantitative estimate of drug-likeness (QED) is 0.929. The molecular formula is C14H17ClN3O2+. The number of morpholine rings is 1. The highest BCUT2D eigenvalue weighted by molar-refractivity contribution is 6.30. The monoisotopic (exact) mass is 294 g/mol. The van der Waals surface area contributed by atoms with E-state index < -0.39 is 0 Å². The Morgan fingerprint density at radius 2 is 2.05 bits per heavy atom. The van der Waals surface area contributed by atoms with Crippen molar-refractivity contribution in [1.82, 2.24) is 10.2 Å². The highest BCUT2D eigenvalue weighted by Crippen LogP contribution is 2.22. The number of hydrogen-bond donors (Lipinski definition) is 1. The molecular weight excluding hydrogens is 278 g/mol. The molecule has 106 valence electrons. The van der Waals surface area contributed by atoms with Gasteiger partial charge in [-0.3, -0.25) is 0 Å². The third-order valence-electron chi connectivity index (χ3n) is 3.63. The van der Waals surface area contributed by atoms with Crippen LogP contribution in [0, 0.1) is 0 Å². The van der Waals surface area contributed by atoms with Gasteiger partial charge in [0.1, 0.15) is 13.1 Å². The maximum absolute atomic E-state index is 5.98. The average Bonchev–Trinajstić information content (AvgIpc) is 2.97. The number of nitrogens with one attached hydrogen (secondary N) is 1. The largest absolute Gasteiger partial charge is 0.415 e. The number of quaternary nitrogens is 1. The van der Waals surface area contributed by atoms with Gasteiger partial charge in [-0.15, -0.1) is 10.2 Å². The van der Waals surface area contributed by atoms with E-state index in [0.29, 0.717) is 16.8 Å². The molecule has 2 aromatic rings. The predicted molar refractivity (Wildman–Crippen MR) is 74.7 cm³/mol. The zero-order valence-electron chi connectivity index (χ0n) is 11.3. The Bertz CT molecular complexity index is 581. The first-order valence-corrected chi connectivity index (χ1v) is 7.13. The molecule has 1 aromatic carbocycles. The van der Waals surface area contributed by atoms with Crippen LogP contribution in [0.25, 0.3) is 11.5 Å². The Balaban J connectivity index is 1.79. The number of halogens is 1. The van der Waals surface area contributed by atoms with E-state index in [-0.39, 0.29) is 6.04 Å². The number of hydrogen-bond acceptors (Lipinski definition) is 4. The molecule has 0 radical (unpaired) electrons. The fraction of sp³-hybridized carbons (Fsp3) is 0.429. The first-order valence-electron chi connectivity index (χ1n) is 6.75. The maximum atomic E-state index is 5.98. The average molecular weight is 295 g/mol. The van der Waals surface area contributed by atoms with Gasteiger partial charge in [-0.25, -0.2) is 0 Å². The van der Waals surface area contributed by atoms with Crippen molar-refractivity contribution in [3.8, 4) is 11.5 Å². The molecule has 1 aromatic heterocycles. The molecule has 0 spiro atoms. The number of aromatic nitrogens is 2. The Morgan fingerprint density at radius 3 is 2.80 bits per heavy atom. The van der Waals surface area contributed by atoms with Gasteiger partial charge in [0.15, 0.2) is 6.04 Å². The lowest BCUT2D eigenvalue weighted by Gasteiger charge is -2.27. The summed E-state index contributed by atoms with van der Waals surface area (Å²) < 4.78 is 11.2. The SMILES string of the molecule is C[C@H](c1nnc(-c2cccc(Cl)c2)o1)[NH+]1CCOCC1. The van der Waals surface area contributed by atoms with Gasteiger partial charge in [-0.2, -0.15) is 0 Å². The molecule has 2 heterocycles. The standard InChI is InChI=1S/C14H16ClN3O2/c1-10(18-5-7-19-8-6-18)13-16-17-14(20-13)11-3-2-4-12(15)9-11/h2-4,9-10H,5-8H2,1H3/p+1/t10-/m1/s1. The molecule has 0 saturated carbocycles. The fourth-order valence-corrected chi connectivity index (χ4v) is 2.58. The molecule has 1 saturated heterocycles. The lowest BCUT2D eigenvalue weighted by molar-refractivity contribution is -0.938. The molecule has 3 rings (SSSR count). The van der Waals surface area contributed by atoms with Crippen LogP contribution < -0.4 is 4.90 Å². The van der Waals surface area contributed by atoms with E-state index in [0.717, 1.165) is 31.9 Å². The lowest BCUT2D eigenvalue weighted by Crippen LogP contribution is -3.14. The van der Waals surface area contributed by atoms with Crippen LogP contribution in [0.1, 0.15) is 18.9 Å². The van der Waals surface area contributed by atoms with E-state index >= 15 is 0 Å². The normalized spacial score (nSPS) is 18.1. The number of rotatable bonds is 3. The summed E-state index contributed by atoms with van der Waals surface area (Å²) in [5, 5.41) is 8.96. The van der Waals surface area contributed by atoms with E-state index in [2.05, 4.69) is 17.1 Å². The Morgan fingerprint density at radius 1 is 1.25 bits per heavy atom. The van der Waals surface area contributed by atoms with E-state index in [1.165, 1.54) is 4.90 Å². The molecule has 0 unspecified atom stereocenters. The minimum atomic E-state index is 0.180. The number of nitrogens with zero attached hydrogens (tertiary/aromatic N) is 2. The van der Waals surface area contributed by atoms with Gasteiger partial charge in [0.25, 0.3) is 5.89 Å². The summed E-state index contributed by atoms with van der Waals surface area (Å²) in [5.41, 5.74) is 0.848. The Kier molecular flexibility index (Phi) is 4.00. The second-order valence-electron chi connectivity index (χ2n) is 4.95.